The lowest BCUT2D eigenvalue weighted by Crippen LogP contribution is -2.20. The highest BCUT2D eigenvalue weighted by molar-refractivity contribution is 9.10. The Morgan fingerprint density at radius 1 is 1.37 bits per heavy atom. The summed E-state index contributed by atoms with van der Waals surface area (Å²) >= 11 is 3.47. The largest absolute Gasteiger partial charge is 0.313 e. The lowest BCUT2D eigenvalue weighted by atomic mass is 9.97. The van der Waals surface area contributed by atoms with Crippen LogP contribution in [0.1, 0.15) is 22.7 Å². The minimum absolute atomic E-state index is 0.140. The van der Waals surface area contributed by atoms with Crippen LogP contribution in [-0.2, 0) is 6.42 Å². The van der Waals surface area contributed by atoms with Gasteiger partial charge in [-0.3, -0.25) is 4.98 Å². The van der Waals surface area contributed by atoms with Crippen molar-refractivity contribution in [2.45, 2.75) is 19.4 Å². The molecule has 1 N–H and O–H groups in total. The van der Waals surface area contributed by atoms with Gasteiger partial charge in [-0.15, -0.1) is 0 Å². The molecule has 0 amide bonds. The van der Waals surface area contributed by atoms with Gasteiger partial charge in [0.1, 0.15) is 5.82 Å². The number of hydrogen-bond donors (Lipinski definition) is 1. The van der Waals surface area contributed by atoms with E-state index in [0.29, 0.717) is 0 Å². The van der Waals surface area contributed by atoms with E-state index in [1.165, 1.54) is 11.6 Å². The number of likely N-dealkylation sites (N-methyl/N-ethyl adjacent to an activating group) is 1. The molecule has 19 heavy (non-hydrogen) atoms. The maximum atomic E-state index is 13.3. The SMILES string of the molecule is CNC(Cc1cc(F)ccc1Br)c1ccncc1C. The van der Waals surface area contributed by atoms with Crippen LogP contribution in [0.25, 0.3) is 0 Å². The fourth-order valence-corrected chi connectivity index (χ4v) is 2.57. The van der Waals surface area contributed by atoms with Crippen molar-refractivity contribution in [2.75, 3.05) is 7.05 Å². The first-order valence-corrected chi connectivity index (χ1v) is 6.93. The molecule has 100 valence electrons. The summed E-state index contributed by atoms with van der Waals surface area (Å²) in [4.78, 5) is 4.10. The van der Waals surface area contributed by atoms with Crippen molar-refractivity contribution in [3.8, 4) is 0 Å². The second-order valence-corrected chi connectivity index (χ2v) is 5.37. The normalized spacial score (nSPS) is 12.4. The Hall–Kier alpha value is -1.26. The van der Waals surface area contributed by atoms with Crippen molar-refractivity contribution in [1.29, 1.82) is 0 Å². The number of aryl methyl sites for hydroxylation is 1. The summed E-state index contributed by atoms with van der Waals surface area (Å²) in [6.45, 7) is 2.04. The zero-order chi connectivity index (χ0) is 13.8. The van der Waals surface area contributed by atoms with Crippen molar-refractivity contribution in [2.24, 2.45) is 0 Å². The zero-order valence-electron chi connectivity index (χ0n) is 11.0. The molecule has 0 saturated heterocycles. The van der Waals surface area contributed by atoms with Crippen molar-refractivity contribution in [1.82, 2.24) is 10.3 Å². The summed E-state index contributed by atoms with van der Waals surface area (Å²) < 4.78 is 14.3. The Morgan fingerprint density at radius 2 is 2.16 bits per heavy atom. The van der Waals surface area contributed by atoms with Crippen LogP contribution in [-0.4, -0.2) is 12.0 Å². The standard InChI is InChI=1S/C15H16BrFN2/c1-10-9-19-6-5-13(10)15(18-2)8-11-7-12(17)3-4-14(11)16/h3-7,9,15,18H,8H2,1-2H3. The Kier molecular flexibility index (Phi) is 4.66. The first-order valence-electron chi connectivity index (χ1n) is 6.13. The van der Waals surface area contributed by atoms with Gasteiger partial charge in [-0.2, -0.15) is 0 Å². The first kappa shape index (κ1) is 14.2. The third-order valence-corrected chi connectivity index (χ3v) is 3.99. The zero-order valence-corrected chi connectivity index (χ0v) is 12.5. The second-order valence-electron chi connectivity index (χ2n) is 4.51. The number of halogens is 2. The van der Waals surface area contributed by atoms with Gasteiger partial charge in [0.05, 0.1) is 0 Å². The van der Waals surface area contributed by atoms with Crippen molar-refractivity contribution in [3.05, 3.63) is 63.6 Å². The fourth-order valence-electron chi connectivity index (χ4n) is 2.16. The smallest absolute Gasteiger partial charge is 0.123 e. The van der Waals surface area contributed by atoms with E-state index >= 15 is 0 Å². The molecule has 2 rings (SSSR count). The predicted octanol–water partition coefficient (Wildman–Crippen LogP) is 3.79. The molecule has 1 aromatic heterocycles. The molecule has 2 nitrogen and oxygen atoms in total. The van der Waals surface area contributed by atoms with Gasteiger partial charge in [0, 0.05) is 22.9 Å². The molecule has 4 heteroatoms. The Labute approximate surface area is 121 Å². The number of pyridine rings is 1. The molecule has 2 aromatic rings. The Morgan fingerprint density at radius 3 is 2.84 bits per heavy atom. The molecule has 0 radical (unpaired) electrons. The van der Waals surface area contributed by atoms with Crippen molar-refractivity contribution >= 4 is 15.9 Å². The lowest BCUT2D eigenvalue weighted by molar-refractivity contribution is 0.579. The molecule has 0 saturated carbocycles. The molecule has 0 aliphatic rings. The van der Waals surface area contributed by atoms with Gasteiger partial charge in [0.2, 0.25) is 0 Å². The Bertz CT molecular complexity index is 572. The van der Waals surface area contributed by atoms with Gasteiger partial charge in [0.15, 0.2) is 0 Å². The van der Waals surface area contributed by atoms with E-state index in [4.69, 9.17) is 0 Å². The highest BCUT2D eigenvalue weighted by Gasteiger charge is 2.14. The minimum Gasteiger partial charge on any atom is -0.313 e. The maximum absolute atomic E-state index is 13.3. The van der Waals surface area contributed by atoms with Gasteiger partial charge in [-0.1, -0.05) is 15.9 Å². The molecule has 0 aliphatic carbocycles. The second kappa shape index (κ2) is 6.26. The topological polar surface area (TPSA) is 24.9 Å². The molecule has 0 aliphatic heterocycles. The van der Waals surface area contributed by atoms with Gasteiger partial charge < -0.3 is 5.32 Å². The molecule has 1 atom stereocenters. The average molecular weight is 323 g/mol. The quantitative estimate of drug-likeness (QED) is 0.926. The molecule has 1 aromatic carbocycles. The number of hydrogen-bond acceptors (Lipinski definition) is 2. The van der Waals surface area contributed by atoms with Crippen LogP contribution < -0.4 is 5.32 Å². The third kappa shape index (κ3) is 3.39. The van der Waals surface area contributed by atoms with E-state index in [2.05, 4.69) is 26.2 Å². The number of benzene rings is 1. The molecular formula is C15H16BrFN2. The van der Waals surface area contributed by atoms with Gasteiger partial charge >= 0.3 is 0 Å². The maximum Gasteiger partial charge on any atom is 0.123 e. The van der Waals surface area contributed by atoms with E-state index < -0.39 is 0 Å². The highest BCUT2D eigenvalue weighted by Crippen LogP contribution is 2.25. The summed E-state index contributed by atoms with van der Waals surface area (Å²) in [7, 11) is 1.91. The van der Waals surface area contributed by atoms with Crippen LogP contribution in [0.4, 0.5) is 4.39 Å². The predicted molar refractivity (Wildman–Crippen MR) is 78.6 cm³/mol. The Balaban J connectivity index is 2.29. The van der Waals surface area contributed by atoms with Crippen LogP contribution in [0.3, 0.4) is 0 Å². The van der Waals surface area contributed by atoms with Crippen LogP contribution in [0.15, 0.2) is 41.1 Å². The molecule has 0 spiro atoms. The van der Waals surface area contributed by atoms with Crippen LogP contribution in [0.2, 0.25) is 0 Å². The van der Waals surface area contributed by atoms with E-state index in [9.17, 15) is 4.39 Å². The third-order valence-electron chi connectivity index (χ3n) is 3.22. The number of nitrogens with one attached hydrogen (secondary N) is 1. The van der Waals surface area contributed by atoms with Gasteiger partial charge in [0.25, 0.3) is 0 Å². The molecular weight excluding hydrogens is 307 g/mol. The minimum atomic E-state index is -0.209. The lowest BCUT2D eigenvalue weighted by Gasteiger charge is -2.19. The number of aromatic nitrogens is 1. The summed E-state index contributed by atoms with van der Waals surface area (Å²) in [6.07, 6.45) is 4.35. The molecule has 0 fully saturated rings. The molecule has 1 heterocycles. The van der Waals surface area contributed by atoms with Gasteiger partial charge in [-0.25, -0.2) is 4.39 Å². The van der Waals surface area contributed by atoms with E-state index in [0.717, 1.165) is 22.0 Å². The first-order chi connectivity index (χ1) is 9.11. The number of nitrogens with zero attached hydrogens (tertiary/aromatic N) is 1. The summed E-state index contributed by atoms with van der Waals surface area (Å²) in [5.74, 6) is -0.209. The summed E-state index contributed by atoms with van der Waals surface area (Å²) in [5.41, 5.74) is 3.28. The van der Waals surface area contributed by atoms with Crippen LogP contribution in [0.5, 0.6) is 0 Å². The molecule has 1 unspecified atom stereocenters. The van der Waals surface area contributed by atoms with Crippen LogP contribution >= 0.6 is 15.9 Å². The number of rotatable bonds is 4. The highest BCUT2D eigenvalue weighted by atomic mass is 79.9. The van der Waals surface area contributed by atoms with Crippen molar-refractivity contribution in [3.63, 3.8) is 0 Å². The van der Waals surface area contributed by atoms with Gasteiger partial charge in [-0.05, 0) is 61.3 Å². The summed E-state index contributed by atoms with van der Waals surface area (Å²) in [5, 5.41) is 3.28. The van der Waals surface area contributed by atoms with Crippen molar-refractivity contribution < 1.29 is 4.39 Å². The van der Waals surface area contributed by atoms with E-state index in [1.807, 2.05) is 26.2 Å². The fraction of sp³-hybridized carbons (Fsp3) is 0.267. The monoisotopic (exact) mass is 322 g/mol. The molecule has 0 bridgehead atoms. The van der Waals surface area contributed by atoms with E-state index in [1.54, 1.807) is 18.3 Å². The average Bonchev–Trinajstić information content (AvgIpc) is 2.41. The summed E-state index contributed by atoms with van der Waals surface area (Å²) in [6, 6.07) is 6.92. The van der Waals surface area contributed by atoms with Crippen LogP contribution in [0, 0.1) is 12.7 Å². The van der Waals surface area contributed by atoms with E-state index in [-0.39, 0.29) is 11.9 Å².